The van der Waals surface area contributed by atoms with Gasteiger partial charge >= 0.3 is 0 Å². The summed E-state index contributed by atoms with van der Waals surface area (Å²) in [6.45, 7) is -0.159. The van der Waals surface area contributed by atoms with Crippen molar-refractivity contribution in [1.29, 1.82) is 0 Å². The molecule has 3 nitrogen and oxygen atoms in total. The second kappa shape index (κ2) is 5.45. The number of hydrogen-bond acceptors (Lipinski definition) is 2. The number of alkyl halides is 2. The van der Waals surface area contributed by atoms with Gasteiger partial charge in [0.05, 0.1) is 23.7 Å². The first kappa shape index (κ1) is 14.2. The molecule has 0 bridgehead atoms. The van der Waals surface area contributed by atoms with Gasteiger partial charge < -0.3 is 9.64 Å². The molecule has 2 rings (SSSR count). The maximum Gasteiger partial charge on any atom is 0.265 e. The SMILES string of the molecule is COc1cccc(C(=O)N2CCCC(F)(F)C2)c1Br. The third-order valence-corrected chi connectivity index (χ3v) is 3.91. The molecule has 19 heavy (non-hydrogen) atoms. The Hall–Kier alpha value is -1.17. The summed E-state index contributed by atoms with van der Waals surface area (Å²) in [5, 5.41) is 0. The van der Waals surface area contributed by atoms with E-state index >= 15 is 0 Å². The van der Waals surface area contributed by atoms with Crippen LogP contribution in [0.25, 0.3) is 0 Å². The third-order valence-electron chi connectivity index (χ3n) is 3.09. The molecule has 1 heterocycles. The highest BCUT2D eigenvalue weighted by Crippen LogP contribution is 2.32. The number of halogens is 3. The van der Waals surface area contributed by atoms with E-state index in [1.54, 1.807) is 18.2 Å². The van der Waals surface area contributed by atoms with Crippen LogP contribution >= 0.6 is 15.9 Å². The fraction of sp³-hybridized carbons (Fsp3) is 0.462. The molecule has 0 aromatic heterocycles. The number of nitrogens with zero attached hydrogens (tertiary/aromatic N) is 1. The summed E-state index contributed by atoms with van der Waals surface area (Å²) < 4.78 is 32.3. The van der Waals surface area contributed by atoms with E-state index in [1.807, 2.05) is 0 Å². The van der Waals surface area contributed by atoms with Crippen LogP contribution in [0, 0.1) is 0 Å². The van der Waals surface area contributed by atoms with Crippen molar-refractivity contribution in [3.05, 3.63) is 28.2 Å². The van der Waals surface area contributed by atoms with Crippen LogP contribution in [0.5, 0.6) is 5.75 Å². The van der Waals surface area contributed by atoms with Crippen molar-refractivity contribution in [2.75, 3.05) is 20.2 Å². The van der Waals surface area contributed by atoms with E-state index in [-0.39, 0.29) is 6.42 Å². The number of carbonyl (C=O) groups is 1. The average molecular weight is 334 g/mol. The number of benzene rings is 1. The first-order valence-corrected chi connectivity index (χ1v) is 6.73. The molecule has 0 spiro atoms. The number of ether oxygens (including phenoxy) is 1. The molecule has 0 unspecified atom stereocenters. The van der Waals surface area contributed by atoms with Gasteiger partial charge in [-0.25, -0.2) is 8.78 Å². The molecule has 0 atom stereocenters. The van der Waals surface area contributed by atoms with Gasteiger partial charge in [0.25, 0.3) is 11.8 Å². The van der Waals surface area contributed by atoms with Crippen molar-refractivity contribution in [1.82, 2.24) is 4.90 Å². The van der Waals surface area contributed by atoms with Crippen LogP contribution in [0.2, 0.25) is 0 Å². The maximum absolute atomic E-state index is 13.3. The summed E-state index contributed by atoms with van der Waals surface area (Å²) in [5.74, 6) is -2.68. The lowest BCUT2D eigenvalue weighted by Crippen LogP contribution is -2.45. The predicted molar refractivity (Wildman–Crippen MR) is 70.8 cm³/mol. The Balaban J connectivity index is 2.25. The Morgan fingerprint density at radius 3 is 2.84 bits per heavy atom. The van der Waals surface area contributed by atoms with Gasteiger partial charge in [0.1, 0.15) is 5.75 Å². The summed E-state index contributed by atoms with van der Waals surface area (Å²) in [6.07, 6.45) is 0.163. The van der Waals surface area contributed by atoms with Crippen LogP contribution in [0.4, 0.5) is 8.78 Å². The zero-order valence-corrected chi connectivity index (χ0v) is 12.0. The Kier molecular flexibility index (Phi) is 4.08. The van der Waals surface area contributed by atoms with E-state index in [1.165, 1.54) is 12.0 Å². The summed E-state index contributed by atoms with van der Waals surface area (Å²) in [7, 11) is 1.49. The second-order valence-corrected chi connectivity index (χ2v) is 5.30. The highest BCUT2D eigenvalue weighted by molar-refractivity contribution is 9.10. The highest BCUT2D eigenvalue weighted by Gasteiger charge is 2.37. The minimum Gasteiger partial charge on any atom is -0.496 e. The number of hydrogen-bond donors (Lipinski definition) is 0. The van der Waals surface area contributed by atoms with Gasteiger partial charge in [-0.15, -0.1) is 0 Å². The smallest absolute Gasteiger partial charge is 0.265 e. The van der Waals surface area contributed by atoms with Gasteiger partial charge in [0.2, 0.25) is 0 Å². The number of piperidine rings is 1. The lowest BCUT2D eigenvalue weighted by atomic mass is 10.1. The summed E-state index contributed by atoms with van der Waals surface area (Å²) >= 11 is 3.28. The van der Waals surface area contributed by atoms with Crippen LogP contribution in [0.15, 0.2) is 22.7 Å². The molecule has 0 N–H and O–H groups in total. The molecule has 1 aromatic rings. The van der Waals surface area contributed by atoms with E-state index < -0.39 is 18.4 Å². The molecule has 0 saturated carbocycles. The van der Waals surface area contributed by atoms with Crippen molar-refractivity contribution >= 4 is 21.8 Å². The quantitative estimate of drug-likeness (QED) is 0.830. The Bertz CT molecular complexity index is 494. The van der Waals surface area contributed by atoms with E-state index in [0.29, 0.717) is 28.8 Å². The largest absolute Gasteiger partial charge is 0.496 e. The Labute approximate surface area is 118 Å². The minimum absolute atomic E-state index is 0.157. The standard InChI is InChI=1S/C13H14BrF2NO2/c1-19-10-5-2-4-9(11(10)14)12(18)17-7-3-6-13(15,16)8-17/h2,4-5H,3,6-8H2,1H3. The summed E-state index contributed by atoms with van der Waals surface area (Å²) in [5.41, 5.74) is 0.344. The third kappa shape index (κ3) is 3.05. The monoisotopic (exact) mass is 333 g/mol. The Morgan fingerprint density at radius 2 is 2.21 bits per heavy atom. The zero-order chi connectivity index (χ0) is 14.0. The van der Waals surface area contributed by atoms with Crippen molar-refractivity contribution in [2.45, 2.75) is 18.8 Å². The van der Waals surface area contributed by atoms with Crippen molar-refractivity contribution in [3.63, 3.8) is 0 Å². The van der Waals surface area contributed by atoms with Gasteiger partial charge in [-0.3, -0.25) is 4.79 Å². The lowest BCUT2D eigenvalue weighted by molar-refractivity contribution is -0.0560. The summed E-state index contributed by atoms with van der Waals surface area (Å²) in [6, 6.07) is 4.96. The molecule has 1 aromatic carbocycles. The van der Waals surface area contributed by atoms with Crippen molar-refractivity contribution in [2.24, 2.45) is 0 Å². The number of methoxy groups -OCH3 is 1. The van der Waals surface area contributed by atoms with Crippen LogP contribution in [0.3, 0.4) is 0 Å². The maximum atomic E-state index is 13.3. The van der Waals surface area contributed by atoms with Crippen LogP contribution in [0.1, 0.15) is 23.2 Å². The fourth-order valence-corrected chi connectivity index (χ4v) is 2.74. The average Bonchev–Trinajstić information content (AvgIpc) is 2.37. The molecule has 0 aliphatic carbocycles. The molecule has 1 amide bonds. The topological polar surface area (TPSA) is 29.5 Å². The van der Waals surface area contributed by atoms with Gasteiger partial charge in [0, 0.05) is 13.0 Å². The molecule has 104 valence electrons. The van der Waals surface area contributed by atoms with Gasteiger partial charge in [-0.2, -0.15) is 0 Å². The Morgan fingerprint density at radius 1 is 1.47 bits per heavy atom. The molecule has 1 fully saturated rings. The van der Waals surface area contributed by atoms with Crippen molar-refractivity contribution in [3.8, 4) is 5.75 Å². The molecule has 6 heteroatoms. The number of rotatable bonds is 2. The number of likely N-dealkylation sites (tertiary alicyclic amines) is 1. The first-order valence-electron chi connectivity index (χ1n) is 5.94. The van der Waals surface area contributed by atoms with Crippen LogP contribution < -0.4 is 4.74 Å². The minimum atomic E-state index is -2.79. The van der Waals surface area contributed by atoms with Crippen LogP contribution in [-0.4, -0.2) is 36.9 Å². The summed E-state index contributed by atoms with van der Waals surface area (Å²) in [4.78, 5) is 13.5. The molecule has 1 aliphatic heterocycles. The van der Waals surface area contributed by atoms with Crippen molar-refractivity contribution < 1.29 is 18.3 Å². The van der Waals surface area contributed by atoms with Crippen LogP contribution in [-0.2, 0) is 0 Å². The molecule has 1 aliphatic rings. The van der Waals surface area contributed by atoms with E-state index in [0.717, 1.165) is 0 Å². The van der Waals surface area contributed by atoms with Gasteiger partial charge in [-0.05, 0) is 34.5 Å². The molecular formula is C13H14BrF2NO2. The highest BCUT2D eigenvalue weighted by atomic mass is 79.9. The molecule has 1 saturated heterocycles. The van der Waals surface area contributed by atoms with E-state index in [2.05, 4.69) is 15.9 Å². The zero-order valence-electron chi connectivity index (χ0n) is 10.5. The normalized spacial score (nSPS) is 18.2. The van der Waals surface area contributed by atoms with E-state index in [9.17, 15) is 13.6 Å². The van der Waals surface area contributed by atoms with Gasteiger partial charge in [0.15, 0.2) is 0 Å². The predicted octanol–water partition coefficient (Wildman–Crippen LogP) is 3.33. The fourth-order valence-electron chi connectivity index (χ4n) is 2.14. The first-order chi connectivity index (χ1) is 8.94. The van der Waals surface area contributed by atoms with Gasteiger partial charge in [-0.1, -0.05) is 6.07 Å². The second-order valence-electron chi connectivity index (χ2n) is 4.51. The lowest BCUT2D eigenvalue weighted by Gasteiger charge is -2.32. The molecular weight excluding hydrogens is 320 g/mol. The number of amides is 1. The number of carbonyl (C=O) groups excluding carboxylic acids is 1. The molecule has 0 radical (unpaired) electrons. The van der Waals surface area contributed by atoms with E-state index in [4.69, 9.17) is 4.74 Å².